The van der Waals surface area contributed by atoms with Crippen molar-refractivity contribution in [3.8, 4) is 11.4 Å². The van der Waals surface area contributed by atoms with Crippen LogP contribution in [0.2, 0.25) is 0 Å². The van der Waals surface area contributed by atoms with Gasteiger partial charge in [-0.1, -0.05) is 24.3 Å². The molecule has 0 spiro atoms. The maximum atomic E-state index is 4.60. The van der Waals surface area contributed by atoms with Gasteiger partial charge in [0.1, 0.15) is 5.69 Å². The number of hydrogen-bond donors (Lipinski definition) is 1. The second-order valence-electron chi connectivity index (χ2n) is 4.64. The zero-order valence-electron chi connectivity index (χ0n) is 11.4. The fraction of sp³-hybridized carbons (Fsp3) is 0.125. The third kappa shape index (κ3) is 2.56. The van der Waals surface area contributed by atoms with E-state index in [1.54, 1.807) is 17.5 Å². The highest BCUT2D eigenvalue weighted by Gasteiger charge is 2.08. The van der Waals surface area contributed by atoms with Gasteiger partial charge in [0.2, 0.25) is 0 Å². The Kier molecular flexibility index (Phi) is 3.48. The lowest BCUT2D eigenvalue weighted by Crippen LogP contribution is -1.95. The molecule has 3 rings (SSSR count). The molecule has 4 heteroatoms. The molecular formula is C16H15N3S. The summed E-state index contributed by atoms with van der Waals surface area (Å²) in [5, 5.41) is 6.33. The van der Waals surface area contributed by atoms with Gasteiger partial charge < -0.3 is 5.32 Å². The lowest BCUT2D eigenvalue weighted by atomic mass is 10.1. The van der Waals surface area contributed by atoms with Gasteiger partial charge in [0.25, 0.3) is 0 Å². The summed E-state index contributed by atoms with van der Waals surface area (Å²) in [6.45, 7) is 4.20. The van der Waals surface area contributed by atoms with E-state index in [1.165, 1.54) is 11.1 Å². The van der Waals surface area contributed by atoms with Gasteiger partial charge in [0.15, 0.2) is 5.13 Å². The van der Waals surface area contributed by atoms with E-state index in [1.807, 2.05) is 23.6 Å². The van der Waals surface area contributed by atoms with Crippen LogP contribution in [-0.4, -0.2) is 9.97 Å². The molecule has 0 saturated carbocycles. The van der Waals surface area contributed by atoms with Crippen molar-refractivity contribution in [1.29, 1.82) is 0 Å². The molecule has 2 heterocycles. The van der Waals surface area contributed by atoms with E-state index in [9.17, 15) is 0 Å². The van der Waals surface area contributed by atoms with Crippen LogP contribution in [0.4, 0.5) is 10.8 Å². The van der Waals surface area contributed by atoms with Crippen molar-refractivity contribution in [2.24, 2.45) is 0 Å². The van der Waals surface area contributed by atoms with Crippen LogP contribution in [0.3, 0.4) is 0 Å². The van der Waals surface area contributed by atoms with Crippen molar-refractivity contribution < 1.29 is 0 Å². The van der Waals surface area contributed by atoms with Crippen LogP contribution >= 0.6 is 11.3 Å². The molecule has 2 aromatic heterocycles. The van der Waals surface area contributed by atoms with E-state index in [4.69, 9.17) is 0 Å². The van der Waals surface area contributed by atoms with Crippen molar-refractivity contribution in [3.05, 3.63) is 59.1 Å². The standard InChI is InChI=1S/C16H15N3S/c1-11-6-5-7-12(2)15(11)19-16-18-14(10-20-16)13-8-3-4-9-17-13/h3-10H,1-2H3,(H,18,19). The number of aryl methyl sites for hydroxylation is 2. The SMILES string of the molecule is Cc1cccc(C)c1Nc1nc(-c2ccccn2)cs1. The van der Waals surface area contributed by atoms with E-state index in [0.717, 1.165) is 22.2 Å². The molecule has 20 heavy (non-hydrogen) atoms. The number of benzene rings is 1. The van der Waals surface area contributed by atoms with Crippen molar-refractivity contribution in [2.75, 3.05) is 5.32 Å². The molecule has 0 saturated heterocycles. The lowest BCUT2D eigenvalue weighted by molar-refractivity contribution is 1.27. The van der Waals surface area contributed by atoms with Crippen LogP contribution in [0.15, 0.2) is 48.0 Å². The maximum Gasteiger partial charge on any atom is 0.187 e. The molecule has 0 amide bonds. The summed E-state index contributed by atoms with van der Waals surface area (Å²) < 4.78 is 0. The highest BCUT2D eigenvalue weighted by molar-refractivity contribution is 7.14. The summed E-state index contributed by atoms with van der Waals surface area (Å²) in [5.41, 5.74) is 5.39. The first-order valence-corrected chi connectivity index (χ1v) is 7.32. The van der Waals surface area contributed by atoms with E-state index < -0.39 is 0 Å². The fourth-order valence-corrected chi connectivity index (χ4v) is 2.79. The van der Waals surface area contributed by atoms with Crippen LogP contribution in [0.5, 0.6) is 0 Å². The zero-order chi connectivity index (χ0) is 13.9. The molecule has 0 atom stereocenters. The Morgan fingerprint density at radius 2 is 1.75 bits per heavy atom. The van der Waals surface area contributed by atoms with Gasteiger partial charge in [-0.3, -0.25) is 4.98 Å². The quantitative estimate of drug-likeness (QED) is 0.764. The van der Waals surface area contributed by atoms with Gasteiger partial charge in [0.05, 0.1) is 5.69 Å². The van der Waals surface area contributed by atoms with Gasteiger partial charge in [-0.2, -0.15) is 0 Å². The van der Waals surface area contributed by atoms with E-state index in [0.29, 0.717) is 0 Å². The smallest absolute Gasteiger partial charge is 0.187 e. The van der Waals surface area contributed by atoms with Gasteiger partial charge in [-0.25, -0.2) is 4.98 Å². The third-order valence-corrected chi connectivity index (χ3v) is 3.90. The predicted molar refractivity (Wildman–Crippen MR) is 84.5 cm³/mol. The fourth-order valence-electron chi connectivity index (χ4n) is 2.08. The minimum Gasteiger partial charge on any atom is -0.331 e. The van der Waals surface area contributed by atoms with Gasteiger partial charge in [-0.05, 0) is 37.1 Å². The van der Waals surface area contributed by atoms with Crippen LogP contribution in [0.1, 0.15) is 11.1 Å². The Morgan fingerprint density at radius 3 is 2.45 bits per heavy atom. The highest BCUT2D eigenvalue weighted by atomic mass is 32.1. The van der Waals surface area contributed by atoms with Crippen molar-refractivity contribution in [2.45, 2.75) is 13.8 Å². The van der Waals surface area contributed by atoms with Crippen LogP contribution < -0.4 is 5.32 Å². The first-order valence-electron chi connectivity index (χ1n) is 6.44. The monoisotopic (exact) mass is 281 g/mol. The molecule has 1 aromatic carbocycles. The normalized spacial score (nSPS) is 10.5. The number of pyridine rings is 1. The molecule has 0 aliphatic carbocycles. The van der Waals surface area contributed by atoms with Crippen LogP contribution in [-0.2, 0) is 0 Å². The molecule has 0 fully saturated rings. The molecule has 1 N–H and O–H groups in total. The van der Waals surface area contributed by atoms with Gasteiger partial charge >= 0.3 is 0 Å². The molecule has 100 valence electrons. The molecule has 3 nitrogen and oxygen atoms in total. The first kappa shape index (κ1) is 12.8. The number of para-hydroxylation sites is 1. The molecule has 0 unspecified atom stereocenters. The molecule has 0 bridgehead atoms. The first-order chi connectivity index (χ1) is 9.74. The third-order valence-electron chi connectivity index (χ3n) is 3.14. The summed E-state index contributed by atoms with van der Waals surface area (Å²) >= 11 is 1.59. The number of nitrogens with one attached hydrogen (secondary N) is 1. The van der Waals surface area contributed by atoms with E-state index >= 15 is 0 Å². The second kappa shape index (κ2) is 5.43. The van der Waals surface area contributed by atoms with Crippen molar-refractivity contribution in [1.82, 2.24) is 9.97 Å². The van der Waals surface area contributed by atoms with Crippen molar-refractivity contribution in [3.63, 3.8) is 0 Å². The zero-order valence-corrected chi connectivity index (χ0v) is 12.2. The number of aromatic nitrogens is 2. The Balaban J connectivity index is 1.88. The number of anilines is 2. The average Bonchev–Trinajstić information content (AvgIpc) is 2.93. The molecular weight excluding hydrogens is 266 g/mol. The van der Waals surface area contributed by atoms with E-state index in [2.05, 4.69) is 47.3 Å². The van der Waals surface area contributed by atoms with Gasteiger partial charge in [0, 0.05) is 17.3 Å². The maximum absolute atomic E-state index is 4.60. The molecule has 3 aromatic rings. The molecule has 0 radical (unpaired) electrons. The summed E-state index contributed by atoms with van der Waals surface area (Å²) in [6.07, 6.45) is 1.78. The summed E-state index contributed by atoms with van der Waals surface area (Å²) in [4.78, 5) is 8.92. The lowest BCUT2D eigenvalue weighted by Gasteiger charge is -2.09. The summed E-state index contributed by atoms with van der Waals surface area (Å²) in [7, 11) is 0. The Hall–Kier alpha value is -2.20. The molecule has 0 aliphatic heterocycles. The van der Waals surface area contributed by atoms with Crippen molar-refractivity contribution >= 4 is 22.2 Å². The number of hydrogen-bond acceptors (Lipinski definition) is 4. The Morgan fingerprint density at radius 1 is 0.950 bits per heavy atom. The van der Waals surface area contributed by atoms with Gasteiger partial charge in [-0.15, -0.1) is 11.3 Å². The number of nitrogens with zero attached hydrogens (tertiary/aromatic N) is 2. The second-order valence-corrected chi connectivity index (χ2v) is 5.50. The summed E-state index contributed by atoms with van der Waals surface area (Å²) in [6, 6.07) is 12.1. The van der Waals surface area contributed by atoms with E-state index in [-0.39, 0.29) is 0 Å². The number of thiazole rings is 1. The summed E-state index contributed by atoms with van der Waals surface area (Å²) in [5.74, 6) is 0. The average molecular weight is 281 g/mol. The minimum absolute atomic E-state index is 0.892. The minimum atomic E-state index is 0.892. The highest BCUT2D eigenvalue weighted by Crippen LogP contribution is 2.28. The largest absolute Gasteiger partial charge is 0.331 e. The molecule has 0 aliphatic rings. The predicted octanol–water partition coefficient (Wildman–Crippen LogP) is 4.57. The number of rotatable bonds is 3. The van der Waals surface area contributed by atoms with Crippen LogP contribution in [0.25, 0.3) is 11.4 Å². The Labute approximate surface area is 122 Å². The topological polar surface area (TPSA) is 37.8 Å². The van der Waals surface area contributed by atoms with Crippen LogP contribution in [0, 0.1) is 13.8 Å². The Bertz CT molecular complexity index is 699.